The molecule has 0 aromatic carbocycles. The van der Waals surface area contributed by atoms with Crippen molar-refractivity contribution in [3.05, 3.63) is 22.3 Å². The van der Waals surface area contributed by atoms with Crippen LogP contribution in [-0.2, 0) is 19.3 Å². The lowest BCUT2D eigenvalue weighted by Crippen LogP contribution is -2.16. The zero-order valence-electron chi connectivity index (χ0n) is 11.0. The van der Waals surface area contributed by atoms with Gasteiger partial charge in [0, 0.05) is 18.7 Å². The summed E-state index contributed by atoms with van der Waals surface area (Å²) in [6.07, 6.45) is 3.29. The number of nitrogens with zero attached hydrogens (tertiary/aromatic N) is 2. The third kappa shape index (κ3) is 2.15. The predicted molar refractivity (Wildman–Crippen MR) is 76.2 cm³/mol. The summed E-state index contributed by atoms with van der Waals surface area (Å²) in [6, 6.07) is 0. The van der Waals surface area contributed by atoms with Gasteiger partial charge in [0.05, 0.1) is 10.2 Å². The minimum atomic E-state index is 0.679. The van der Waals surface area contributed by atoms with E-state index in [4.69, 9.17) is 4.98 Å². The highest BCUT2D eigenvalue weighted by Crippen LogP contribution is 2.29. The van der Waals surface area contributed by atoms with Crippen molar-refractivity contribution in [2.24, 2.45) is 5.92 Å². The summed E-state index contributed by atoms with van der Waals surface area (Å²) in [5.74, 6) is 0.679. The van der Waals surface area contributed by atoms with Crippen LogP contribution in [0.3, 0.4) is 0 Å². The maximum atomic E-state index is 4.76. The maximum absolute atomic E-state index is 4.76. The van der Waals surface area contributed by atoms with Crippen molar-refractivity contribution >= 4 is 21.7 Å². The van der Waals surface area contributed by atoms with E-state index in [0.717, 1.165) is 38.0 Å². The van der Waals surface area contributed by atoms with E-state index in [1.807, 2.05) is 5.51 Å². The van der Waals surface area contributed by atoms with Gasteiger partial charge in [0.25, 0.3) is 0 Å². The van der Waals surface area contributed by atoms with Crippen molar-refractivity contribution < 1.29 is 0 Å². The van der Waals surface area contributed by atoms with Crippen molar-refractivity contribution in [3.8, 4) is 0 Å². The zero-order chi connectivity index (χ0) is 12.5. The number of hydrogen-bond donors (Lipinski definition) is 1. The van der Waals surface area contributed by atoms with E-state index >= 15 is 0 Å². The summed E-state index contributed by atoms with van der Waals surface area (Å²) in [6.45, 7) is 6.68. The first-order chi connectivity index (χ1) is 8.75. The number of fused-ring (bicyclic) bond motifs is 2. The second kappa shape index (κ2) is 4.94. The van der Waals surface area contributed by atoms with Gasteiger partial charge in [-0.3, -0.25) is 0 Å². The molecule has 3 nitrogen and oxygen atoms in total. The summed E-state index contributed by atoms with van der Waals surface area (Å²) in [7, 11) is 0. The van der Waals surface area contributed by atoms with Crippen molar-refractivity contribution in [1.29, 1.82) is 0 Å². The smallest absolute Gasteiger partial charge is 0.170 e. The van der Waals surface area contributed by atoms with Crippen molar-refractivity contribution in [2.75, 3.05) is 13.1 Å². The number of aromatic nitrogens is 2. The lowest BCUT2D eigenvalue weighted by molar-refractivity contribution is 0.644. The molecule has 96 valence electrons. The first-order valence-corrected chi connectivity index (χ1v) is 7.58. The Morgan fingerprint density at radius 2 is 2.17 bits per heavy atom. The molecule has 2 aromatic heterocycles. The summed E-state index contributed by atoms with van der Waals surface area (Å²) in [5, 5.41) is 3.46. The van der Waals surface area contributed by atoms with Gasteiger partial charge in [0.2, 0.25) is 0 Å². The van der Waals surface area contributed by atoms with E-state index in [-0.39, 0.29) is 0 Å². The Kier molecular flexibility index (Phi) is 3.31. The molecule has 0 unspecified atom stereocenters. The minimum Gasteiger partial charge on any atom is -0.316 e. The summed E-state index contributed by atoms with van der Waals surface area (Å²) < 4.78 is 1.31. The fraction of sp³-hybridized carbons (Fsp3) is 0.571. The van der Waals surface area contributed by atoms with Crippen LogP contribution in [0.1, 0.15) is 30.7 Å². The second-order valence-corrected chi connectivity index (χ2v) is 6.22. The number of nitrogens with one attached hydrogen (secondary N) is 1. The van der Waals surface area contributed by atoms with Crippen LogP contribution in [0, 0.1) is 5.92 Å². The van der Waals surface area contributed by atoms with Crippen LogP contribution in [0.2, 0.25) is 0 Å². The average molecular weight is 261 g/mol. The Hall–Kier alpha value is -1.00. The first-order valence-electron chi connectivity index (χ1n) is 6.70. The zero-order valence-corrected chi connectivity index (χ0v) is 11.8. The third-order valence-electron chi connectivity index (χ3n) is 3.48. The molecular weight excluding hydrogens is 242 g/mol. The normalized spacial score (nSPS) is 15.9. The fourth-order valence-corrected chi connectivity index (χ4v) is 3.51. The van der Waals surface area contributed by atoms with Gasteiger partial charge in [-0.05, 0) is 36.4 Å². The Morgan fingerprint density at radius 3 is 3.00 bits per heavy atom. The monoisotopic (exact) mass is 261 g/mol. The number of rotatable bonds is 2. The maximum Gasteiger partial charge on any atom is 0.170 e. The standard InChI is InChI=1S/C14H19N3S/c1-9(2)7-11-10-3-5-15-6-4-12(10)17-14-13(11)18-8-16-14/h8-9,15H,3-7H2,1-2H3. The molecular formula is C14H19N3S. The molecule has 0 spiro atoms. The number of pyridine rings is 1. The molecule has 3 rings (SSSR count). The SMILES string of the molecule is CC(C)Cc1c2c(nc3ncsc13)CCNCC2. The fourth-order valence-electron chi connectivity index (χ4n) is 2.70. The van der Waals surface area contributed by atoms with Gasteiger partial charge in [0.1, 0.15) is 0 Å². The van der Waals surface area contributed by atoms with Crippen LogP contribution in [0.15, 0.2) is 5.51 Å². The third-order valence-corrected chi connectivity index (χ3v) is 4.35. The lowest BCUT2D eigenvalue weighted by atomic mass is 9.95. The highest BCUT2D eigenvalue weighted by atomic mass is 32.1. The van der Waals surface area contributed by atoms with Gasteiger partial charge >= 0.3 is 0 Å². The Balaban J connectivity index is 2.19. The molecule has 0 amide bonds. The van der Waals surface area contributed by atoms with Crippen molar-refractivity contribution in [2.45, 2.75) is 33.1 Å². The lowest BCUT2D eigenvalue weighted by Gasteiger charge is -2.14. The summed E-state index contributed by atoms with van der Waals surface area (Å²) >= 11 is 1.74. The molecule has 0 saturated heterocycles. The average Bonchev–Trinajstić information content (AvgIpc) is 2.66. The molecule has 3 heterocycles. The van der Waals surface area contributed by atoms with Crippen LogP contribution < -0.4 is 5.32 Å². The first kappa shape index (κ1) is 12.1. The summed E-state index contributed by atoms with van der Waals surface area (Å²) in [4.78, 5) is 9.18. The van der Waals surface area contributed by atoms with E-state index < -0.39 is 0 Å². The van der Waals surface area contributed by atoms with E-state index in [0.29, 0.717) is 5.92 Å². The van der Waals surface area contributed by atoms with Crippen LogP contribution in [-0.4, -0.2) is 23.1 Å². The van der Waals surface area contributed by atoms with E-state index in [1.165, 1.54) is 21.5 Å². The summed E-state index contributed by atoms with van der Waals surface area (Å²) in [5.41, 5.74) is 7.16. The second-order valence-electron chi connectivity index (χ2n) is 5.37. The topological polar surface area (TPSA) is 37.8 Å². The quantitative estimate of drug-likeness (QED) is 0.903. The van der Waals surface area contributed by atoms with Gasteiger partial charge in [0.15, 0.2) is 5.65 Å². The molecule has 1 N–H and O–H groups in total. The van der Waals surface area contributed by atoms with E-state index in [1.54, 1.807) is 11.3 Å². The number of hydrogen-bond acceptors (Lipinski definition) is 4. The molecule has 0 atom stereocenters. The molecule has 0 radical (unpaired) electrons. The van der Waals surface area contributed by atoms with Crippen LogP contribution >= 0.6 is 11.3 Å². The Labute approximate surface area is 112 Å². The molecule has 0 saturated carbocycles. The molecule has 0 bridgehead atoms. The van der Waals surface area contributed by atoms with E-state index in [9.17, 15) is 0 Å². The molecule has 4 heteroatoms. The van der Waals surface area contributed by atoms with Gasteiger partial charge in [-0.2, -0.15) is 0 Å². The highest BCUT2D eigenvalue weighted by molar-refractivity contribution is 7.16. The van der Waals surface area contributed by atoms with Crippen molar-refractivity contribution in [3.63, 3.8) is 0 Å². The Bertz CT molecular complexity index is 559. The molecule has 1 aliphatic heterocycles. The Morgan fingerprint density at radius 1 is 1.33 bits per heavy atom. The van der Waals surface area contributed by atoms with E-state index in [2.05, 4.69) is 24.1 Å². The van der Waals surface area contributed by atoms with Gasteiger partial charge in [-0.15, -0.1) is 11.3 Å². The molecule has 18 heavy (non-hydrogen) atoms. The van der Waals surface area contributed by atoms with Gasteiger partial charge in [-0.25, -0.2) is 9.97 Å². The number of thiazole rings is 1. The minimum absolute atomic E-state index is 0.679. The van der Waals surface area contributed by atoms with Gasteiger partial charge in [-0.1, -0.05) is 13.8 Å². The molecule has 2 aromatic rings. The molecule has 0 aliphatic carbocycles. The molecule has 1 aliphatic rings. The largest absolute Gasteiger partial charge is 0.316 e. The van der Waals surface area contributed by atoms with Gasteiger partial charge < -0.3 is 5.32 Å². The van der Waals surface area contributed by atoms with Crippen molar-refractivity contribution in [1.82, 2.24) is 15.3 Å². The highest BCUT2D eigenvalue weighted by Gasteiger charge is 2.18. The predicted octanol–water partition coefficient (Wildman–Crippen LogP) is 2.58. The molecule has 0 fully saturated rings. The van der Waals surface area contributed by atoms with Crippen LogP contribution in [0.25, 0.3) is 10.3 Å². The van der Waals surface area contributed by atoms with Crippen LogP contribution in [0.4, 0.5) is 0 Å². The van der Waals surface area contributed by atoms with Crippen LogP contribution in [0.5, 0.6) is 0 Å².